The summed E-state index contributed by atoms with van der Waals surface area (Å²) in [6, 6.07) is 15.4. The van der Waals surface area contributed by atoms with E-state index in [4.69, 9.17) is 23.2 Å². The molecule has 21 heavy (non-hydrogen) atoms. The van der Waals surface area contributed by atoms with Gasteiger partial charge in [0.1, 0.15) is 0 Å². The molecule has 3 rings (SSSR count). The lowest BCUT2D eigenvalue weighted by molar-refractivity contribution is 0.883. The zero-order chi connectivity index (χ0) is 14.8. The summed E-state index contributed by atoms with van der Waals surface area (Å²) in [7, 11) is 2.00. The second-order valence-electron chi connectivity index (χ2n) is 4.53. The van der Waals surface area contributed by atoms with Crippen LogP contribution in [0.25, 0.3) is 11.3 Å². The van der Waals surface area contributed by atoms with E-state index in [-0.39, 0.29) is 0 Å². The summed E-state index contributed by atoms with van der Waals surface area (Å²) >= 11 is 13.7. The third-order valence-corrected chi connectivity index (χ3v) is 4.62. The highest BCUT2D eigenvalue weighted by Gasteiger charge is 2.05. The lowest BCUT2D eigenvalue weighted by Crippen LogP contribution is -2.10. The largest absolute Gasteiger partial charge is 0.320 e. The van der Waals surface area contributed by atoms with Crippen molar-refractivity contribution in [1.29, 1.82) is 0 Å². The Balaban J connectivity index is 2.07. The molecule has 1 aromatic heterocycles. The van der Waals surface area contributed by atoms with Gasteiger partial charge in [-0.15, -0.1) is 11.3 Å². The van der Waals surface area contributed by atoms with Crippen molar-refractivity contribution in [2.24, 2.45) is 12.0 Å². The summed E-state index contributed by atoms with van der Waals surface area (Å²) < 4.78 is 2.05. The lowest BCUT2D eigenvalue weighted by atomic mass is 10.2. The molecule has 0 spiro atoms. The highest BCUT2D eigenvalue weighted by atomic mass is 35.5. The molecule has 0 unspecified atom stereocenters. The molecular weight excluding hydrogens is 323 g/mol. The van der Waals surface area contributed by atoms with Crippen LogP contribution in [0, 0.1) is 0 Å². The molecule has 0 saturated heterocycles. The van der Waals surface area contributed by atoms with Gasteiger partial charge in [-0.1, -0.05) is 47.5 Å². The number of hydrogen-bond acceptors (Lipinski definition) is 2. The molecule has 0 aliphatic rings. The standard InChI is InChI=1S/C16H12Cl2N2S/c1-20-15(11-6-8-12(17)9-7-11)10-21-16(20)19-14-5-3-2-4-13(14)18/h2-10H,1H3. The molecule has 0 bridgehead atoms. The SMILES string of the molecule is Cn1c(-c2ccc(Cl)cc2)csc1=Nc1ccccc1Cl. The van der Waals surface area contributed by atoms with Gasteiger partial charge >= 0.3 is 0 Å². The molecule has 0 amide bonds. The van der Waals surface area contributed by atoms with Crippen LogP contribution in [0.4, 0.5) is 5.69 Å². The first-order chi connectivity index (χ1) is 10.1. The van der Waals surface area contributed by atoms with Crippen molar-refractivity contribution in [3.05, 3.63) is 68.8 Å². The van der Waals surface area contributed by atoms with Crippen molar-refractivity contribution in [2.45, 2.75) is 0 Å². The third kappa shape index (κ3) is 3.05. The molecular formula is C16H12Cl2N2S. The number of aromatic nitrogens is 1. The summed E-state index contributed by atoms with van der Waals surface area (Å²) in [5.41, 5.74) is 2.99. The fourth-order valence-electron chi connectivity index (χ4n) is 2.00. The molecule has 3 aromatic rings. The van der Waals surface area contributed by atoms with Gasteiger partial charge in [0.05, 0.1) is 16.4 Å². The predicted molar refractivity (Wildman–Crippen MR) is 90.4 cm³/mol. The highest BCUT2D eigenvalue weighted by molar-refractivity contribution is 7.07. The maximum Gasteiger partial charge on any atom is 0.190 e. The Bertz CT molecular complexity index is 832. The zero-order valence-electron chi connectivity index (χ0n) is 11.3. The molecule has 0 radical (unpaired) electrons. The first-order valence-electron chi connectivity index (χ1n) is 6.35. The van der Waals surface area contributed by atoms with Gasteiger partial charge in [0.2, 0.25) is 0 Å². The van der Waals surface area contributed by atoms with E-state index in [1.807, 2.05) is 55.6 Å². The van der Waals surface area contributed by atoms with Gasteiger partial charge in [-0.25, -0.2) is 4.99 Å². The maximum absolute atomic E-state index is 6.15. The lowest BCUT2D eigenvalue weighted by Gasteiger charge is -2.03. The second-order valence-corrected chi connectivity index (χ2v) is 6.21. The maximum atomic E-state index is 6.15. The van der Waals surface area contributed by atoms with Crippen molar-refractivity contribution in [3.8, 4) is 11.3 Å². The number of nitrogens with zero attached hydrogens (tertiary/aromatic N) is 2. The molecule has 2 aromatic carbocycles. The van der Waals surface area contributed by atoms with E-state index in [0.29, 0.717) is 5.02 Å². The van der Waals surface area contributed by atoms with Gasteiger partial charge in [0.25, 0.3) is 0 Å². The zero-order valence-corrected chi connectivity index (χ0v) is 13.6. The smallest absolute Gasteiger partial charge is 0.190 e. The van der Waals surface area contributed by atoms with Crippen LogP contribution in [-0.4, -0.2) is 4.57 Å². The van der Waals surface area contributed by atoms with Crippen LogP contribution in [-0.2, 0) is 7.05 Å². The van der Waals surface area contributed by atoms with Crippen LogP contribution in [0.15, 0.2) is 58.9 Å². The van der Waals surface area contributed by atoms with Crippen LogP contribution >= 0.6 is 34.5 Å². The third-order valence-electron chi connectivity index (χ3n) is 3.13. The van der Waals surface area contributed by atoms with E-state index in [2.05, 4.69) is 14.9 Å². The summed E-state index contributed by atoms with van der Waals surface area (Å²) in [5.74, 6) is 0. The van der Waals surface area contributed by atoms with Crippen molar-refractivity contribution in [3.63, 3.8) is 0 Å². The minimum atomic E-state index is 0.652. The molecule has 0 N–H and O–H groups in total. The van der Waals surface area contributed by atoms with Gasteiger partial charge in [-0.3, -0.25) is 0 Å². The van der Waals surface area contributed by atoms with E-state index in [9.17, 15) is 0 Å². The molecule has 0 aliphatic heterocycles. The fourth-order valence-corrected chi connectivity index (χ4v) is 3.22. The molecule has 1 heterocycles. The monoisotopic (exact) mass is 334 g/mol. The van der Waals surface area contributed by atoms with Crippen LogP contribution < -0.4 is 4.80 Å². The summed E-state index contributed by atoms with van der Waals surface area (Å²) in [4.78, 5) is 5.52. The van der Waals surface area contributed by atoms with Crippen molar-refractivity contribution in [1.82, 2.24) is 4.57 Å². The Morgan fingerprint density at radius 2 is 1.71 bits per heavy atom. The van der Waals surface area contributed by atoms with Crippen LogP contribution in [0.2, 0.25) is 10.0 Å². The summed E-state index contributed by atoms with van der Waals surface area (Å²) in [6.45, 7) is 0. The quantitative estimate of drug-likeness (QED) is 0.605. The van der Waals surface area contributed by atoms with Gasteiger partial charge in [-0.2, -0.15) is 0 Å². The van der Waals surface area contributed by atoms with E-state index >= 15 is 0 Å². The minimum Gasteiger partial charge on any atom is -0.320 e. The van der Waals surface area contributed by atoms with Gasteiger partial charge < -0.3 is 4.57 Å². The van der Waals surface area contributed by atoms with Crippen LogP contribution in [0.3, 0.4) is 0 Å². The first kappa shape index (κ1) is 14.4. The Labute approximate surface area is 136 Å². The normalized spacial score (nSPS) is 11.9. The Morgan fingerprint density at radius 1 is 1.00 bits per heavy atom. The molecule has 0 fully saturated rings. The number of para-hydroxylation sites is 1. The Morgan fingerprint density at radius 3 is 2.43 bits per heavy atom. The average Bonchev–Trinajstić information content (AvgIpc) is 2.84. The Hall–Kier alpha value is -1.55. The first-order valence-corrected chi connectivity index (χ1v) is 7.98. The summed E-state index contributed by atoms with van der Waals surface area (Å²) in [6.07, 6.45) is 0. The van der Waals surface area contributed by atoms with E-state index in [0.717, 1.165) is 26.8 Å². The van der Waals surface area contributed by atoms with Crippen molar-refractivity contribution >= 4 is 40.2 Å². The predicted octanol–water partition coefficient (Wildman–Crippen LogP) is 5.29. The van der Waals surface area contributed by atoms with Crippen LogP contribution in [0.5, 0.6) is 0 Å². The number of thiazole rings is 1. The number of halogens is 2. The Kier molecular flexibility index (Phi) is 4.15. The van der Waals surface area contributed by atoms with Gasteiger partial charge in [0.15, 0.2) is 4.80 Å². The number of hydrogen-bond donors (Lipinski definition) is 0. The van der Waals surface area contributed by atoms with E-state index < -0.39 is 0 Å². The fraction of sp³-hybridized carbons (Fsp3) is 0.0625. The van der Waals surface area contributed by atoms with Crippen molar-refractivity contribution in [2.75, 3.05) is 0 Å². The molecule has 2 nitrogen and oxygen atoms in total. The van der Waals surface area contributed by atoms with E-state index in [1.165, 1.54) is 0 Å². The highest BCUT2D eigenvalue weighted by Crippen LogP contribution is 2.25. The molecule has 5 heteroatoms. The van der Waals surface area contributed by atoms with Crippen LogP contribution in [0.1, 0.15) is 0 Å². The molecule has 0 saturated carbocycles. The molecule has 0 atom stereocenters. The average molecular weight is 335 g/mol. The van der Waals surface area contributed by atoms with Crippen molar-refractivity contribution < 1.29 is 0 Å². The van der Waals surface area contributed by atoms with Gasteiger partial charge in [-0.05, 0) is 29.8 Å². The van der Waals surface area contributed by atoms with Gasteiger partial charge in [0, 0.05) is 17.5 Å². The second kappa shape index (κ2) is 6.06. The number of benzene rings is 2. The minimum absolute atomic E-state index is 0.652. The molecule has 106 valence electrons. The molecule has 0 aliphatic carbocycles. The van der Waals surface area contributed by atoms with E-state index in [1.54, 1.807) is 11.3 Å². The topological polar surface area (TPSA) is 17.3 Å². The number of rotatable bonds is 2. The summed E-state index contributed by atoms with van der Waals surface area (Å²) in [5, 5.41) is 3.47.